The minimum absolute atomic E-state index is 0.0988. The lowest BCUT2D eigenvalue weighted by Gasteiger charge is -2.14. The van der Waals surface area contributed by atoms with E-state index in [1.807, 2.05) is 6.07 Å². The number of nitrogens with one attached hydrogen (secondary N) is 2. The van der Waals surface area contributed by atoms with Gasteiger partial charge in [0, 0.05) is 11.8 Å². The highest BCUT2D eigenvalue weighted by molar-refractivity contribution is 5.95. The highest BCUT2D eigenvalue weighted by atomic mass is 19.2. The van der Waals surface area contributed by atoms with Gasteiger partial charge in [0.2, 0.25) is 5.91 Å². The topological polar surface area (TPSA) is 67.4 Å². The second-order valence-corrected chi connectivity index (χ2v) is 4.97. The van der Waals surface area contributed by atoms with E-state index >= 15 is 0 Å². The van der Waals surface area contributed by atoms with Gasteiger partial charge in [-0.3, -0.25) is 9.59 Å². The molecule has 2 aromatic rings. The van der Waals surface area contributed by atoms with Crippen molar-refractivity contribution in [3.63, 3.8) is 0 Å². The van der Waals surface area contributed by atoms with Crippen molar-refractivity contribution < 1.29 is 23.1 Å². The number of anilines is 1. The van der Waals surface area contributed by atoms with Crippen molar-refractivity contribution in [3.8, 4) is 5.75 Å². The summed E-state index contributed by atoms with van der Waals surface area (Å²) in [6.45, 7) is 1.23. The van der Waals surface area contributed by atoms with Crippen LogP contribution in [0.15, 0.2) is 48.5 Å². The molecule has 0 spiro atoms. The van der Waals surface area contributed by atoms with Gasteiger partial charge in [-0.05, 0) is 31.2 Å². The maximum absolute atomic E-state index is 13.0. The second-order valence-electron chi connectivity index (χ2n) is 4.97. The first kappa shape index (κ1) is 17.4. The molecule has 0 aliphatic heterocycles. The highest BCUT2D eigenvalue weighted by Gasteiger charge is 2.15. The number of hydrogen-bond acceptors (Lipinski definition) is 3. The summed E-state index contributed by atoms with van der Waals surface area (Å²) in [4.78, 5) is 23.6. The Bertz CT molecular complexity index is 723. The smallest absolute Gasteiger partial charge is 0.261 e. The number of halogens is 2. The summed E-state index contributed by atoms with van der Waals surface area (Å²) >= 11 is 0. The highest BCUT2D eigenvalue weighted by Crippen LogP contribution is 2.13. The van der Waals surface area contributed by atoms with Crippen LogP contribution in [0.4, 0.5) is 14.5 Å². The van der Waals surface area contributed by atoms with Crippen LogP contribution in [0.25, 0.3) is 0 Å². The molecule has 7 heteroatoms. The van der Waals surface area contributed by atoms with Gasteiger partial charge in [-0.1, -0.05) is 18.2 Å². The van der Waals surface area contributed by atoms with E-state index < -0.39 is 29.6 Å². The number of hydrogen-bond donors (Lipinski definition) is 2. The summed E-state index contributed by atoms with van der Waals surface area (Å²) in [5.41, 5.74) is 0.0988. The summed E-state index contributed by atoms with van der Waals surface area (Å²) < 4.78 is 31.3. The molecular weight excluding hydrogens is 318 g/mol. The van der Waals surface area contributed by atoms with E-state index in [4.69, 9.17) is 4.74 Å². The van der Waals surface area contributed by atoms with Crippen LogP contribution in [0.2, 0.25) is 0 Å². The Balaban J connectivity index is 1.80. The quantitative estimate of drug-likeness (QED) is 0.853. The van der Waals surface area contributed by atoms with Crippen molar-refractivity contribution in [3.05, 3.63) is 60.2 Å². The molecule has 0 aliphatic carbocycles. The zero-order chi connectivity index (χ0) is 17.5. The van der Waals surface area contributed by atoms with E-state index in [1.165, 1.54) is 6.07 Å². The fourth-order valence-corrected chi connectivity index (χ4v) is 1.85. The fraction of sp³-hybridized carbons (Fsp3) is 0.176. The van der Waals surface area contributed by atoms with Gasteiger partial charge in [-0.2, -0.15) is 0 Å². The molecule has 0 aliphatic rings. The molecule has 0 saturated heterocycles. The maximum atomic E-state index is 13.0. The molecule has 2 rings (SSSR count). The average Bonchev–Trinajstić information content (AvgIpc) is 2.57. The first-order valence-electron chi connectivity index (χ1n) is 7.20. The van der Waals surface area contributed by atoms with E-state index in [-0.39, 0.29) is 12.2 Å². The monoisotopic (exact) mass is 334 g/mol. The second kappa shape index (κ2) is 8.05. The molecule has 5 nitrogen and oxygen atoms in total. The molecular formula is C17H16F2N2O3. The van der Waals surface area contributed by atoms with Gasteiger partial charge in [0.05, 0.1) is 6.54 Å². The maximum Gasteiger partial charge on any atom is 0.261 e. The van der Waals surface area contributed by atoms with Crippen LogP contribution in [0.1, 0.15) is 6.92 Å². The zero-order valence-corrected chi connectivity index (χ0v) is 12.9. The number of carbonyl (C=O) groups is 2. The Morgan fingerprint density at radius 2 is 1.79 bits per heavy atom. The lowest BCUT2D eigenvalue weighted by Crippen LogP contribution is -2.40. The van der Waals surface area contributed by atoms with Crippen molar-refractivity contribution in [1.82, 2.24) is 5.32 Å². The number of ether oxygens (including phenoxy) is 1. The van der Waals surface area contributed by atoms with E-state index in [1.54, 1.807) is 31.2 Å². The molecule has 1 unspecified atom stereocenters. The molecule has 0 heterocycles. The molecule has 0 bridgehead atoms. The van der Waals surface area contributed by atoms with Gasteiger partial charge >= 0.3 is 0 Å². The van der Waals surface area contributed by atoms with Crippen LogP contribution in [-0.2, 0) is 9.59 Å². The Kier molecular flexibility index (Phi) is 5.83. The Labute approximate surface area is 137 Å². The molecule has 1 atom stereocenters. The first-order valence-corrected chi connectivity index (χ1v) is 7.20. The van der Waals surface area contributed by atoms with Crippen LogP contribution in [0.5, 0.6) is 5.75 Å². The van der Waals surface area contributed by atoms with Crippen molar-refractivity contribution >= 4 is 17.5 Å². The molecule has 0 fully saturated rings. The lowest BCUT2D eigenvalue weighted by molar-refractivity contribution is -0.129. The van der Waals surface area contributed by atoms with Crippen LogP contribution in [0.3, 0.4) is 0 Å². The van der Waals surface area contributed by atoms with E-state index in [0.29, 0.717) is 5.75 Å². The largest absolute Gasteiger partial charge is 0.481 e. The summed E-state index contributed by atoms with van der Waals surface area (Å²) in [5.74, 6) is -2.58. The fourth-order valence-electron chi connectivity index (χ4n) is 1.85. The molecule has 2 amide bonds. The Morgan fingerprint density at radius 1 is 1.08 bits per heavy atom. The molecule has 2 N–H and O–H groups in total. The van der Waals surface area contributed by atoms with Crippen molar-refractivity contribution in [1.29, 1.82) is 0 Å². The standard InChI is InChI=1S/C17H16F2N2O3/c1-11(24-13-5-3-2-4-6-13)17(23)20-10-16(22)21-12-7-8-14(18)15(19)9-12/h2-9,11H,10H2,1H3,(H,20,23)(H,21,22). The normalized spacial score (nSPS) is 11.5. The van der Waals surface area contributed by atoms with Crippen molar-refractivity contribution in [2.45, 2.75) is 13.0 Å². The van der Waals surface area contributed by atoms with Gasteiger partial charge < -0.3 is 15.4 Å². The number of carbonyl (C=O) groups excluding carboxylic acids is 2. The summed E-state index contributed by atoms with van der Waals surface area (Å²) in [7, 11) is 0. The molecule has 24 heavy (non-hydrogen) atoms. The number of rotatable bonds is 6. The third-order valence-electron chi connectivity index (χ3n) is 3.05. The Hall–Kier alpha value is -2.96. The van der Waals surface area contributed by atoms with Gasteiger partial charge in [0.25, 0.3) is 5.91 Å². The number of benzene rings is 2. The summed E-state index contributed by atoms with van der Waals surface area (Å²) in [6.07, 6.45) is -0.788. The predicted octanol–water partition coefficient (Wildman–Crippen LogP) is 2.49. The molecule has 2 aromatic carbocycles. The van der Waals surface area contributed by atoms with Crippen molar-refractivity contribution in [2.24, 2.45) is 0 Å². The van der Waals surface area contributed by atoms with Crippen LogP contribution in [0, 0.1) is 11.6 Å². The van der Waals surface area contributed by atoms with Crippen LogP contribution in [-0.4, -0.2) is 24.5 Å². The number of amides is 2. The molecule has 126 valence electrons. The van der Waals surface area contributed by atoms with Crippen LogP contribution < -0.4 is 15.4 Å². The molecule has 0 aromatic heterocycles. The average molecular weight is 334 g/mol. The van der Waals surface area contributed by atoms with Crippen LogP contribution >= 0.6 is 0 Å². The molecule has 0 saturated carbocycles. The zero-order valence-electron chi connectivity index (χ0n) is 12.9. The van der Waals surface area contributed by atoms with Crippen molar-refractivity contribution in [2.75, 3.05) is 11.9 Å². The van der Waals surface area contributed by atoms with E-state index in [2.05, 4.69) is 10.6 Å². The minimum Gasteiger partial charge on any atom is -0.481 e. The third kappa shape index (κ3) is 5.05. The SMILES string of the molecule is CC(Oc1ccccc1)C(=O)NCC(=O)Nc1ccc(F)c(F)c1. The summed E-state index contributed by atoms with van der Waals surface area (Å²) in [6, 6.07) is 11.8. The first-order chi connectivity index (χ1) is 11.5. The number of para-hydroxylation sites is 1. The van der Waals surface area contributed by atoms with Gasteiger partial charge in [0.1, 0.15) is 5.75 Å². The van der Waals surface area contributed by atoms with Gasteiger partial charge in [0.15, 0.2) is 17.7 Å². The lowest BCUT2D eigenvalue weighted by atomic mass is 10.3. The molecule has 0 radical (unpaired) electrons. The van der Waals surface area contributed by atoms with Gasteiger partial charge in [-0.25, -0.2) is 8.78 Å². The summed E-state index contributed by atoms with van der Waals surface area (Å²) in [5, 5.41) is 4.76. The minimum atomic E-state index is -1.07. The predicted molar refractivity (Wildman–Crippen MR) is 84.5 cm³/mol. The van der Waals surface area contributed by atoms with E-state index in [0.717, 1.165) is 12.1 Å². The van der Waals surface area contributed by atoms with Gasteiger partial charge in [-0.15, -0.1) is 0 Å². The Morgan fingerprint density at radius 3 is 2.46 bits per heavy atom. The van der Waals surface area contributed by atoms with E-state index in [9.17, 15) is 18.4 Å². The third-order valence-corrected chi connectivity index (χ3v) is 3.05.